The maximum absolute atomic E-state index is 14.3. The average molecular weight is 637 g/mol. The van der Waals surface area contributed by atoms with Gasteiger partial charge in [0.1, 0.15) is 22.9 Å². The first kappa shape index (κ1) is 30.1. The number of Topliss-reactive ketones (excluding diaryl/α,β-unsaturated/α-hetero) is 1. The number of aromatic nitrogens is 4. The molecule has 0 spiro atoms. The van der Waals surface area contributed by atoms with Crippen LogP contribution in [0.25, 0.3) is 28.0 Å². The minimum absolute atomic E-state index is 0.0228. The van der Waals surface area contributed by atoms with Crippen molar-refractivity contribution >= 4 is 34.5 Å². The van der Waals surface area contributed by atoms with Gasteiger partial charge in [0.15, 0.2) is 5.78 Å². The van der Waals surface area contributed by atoms with E-state index in [1.165, 1.54) is 6.07 Å². The van der Waals surface area contributed by atoms with Crippen molar-refractivity contribution in [2.45, 2.75) is 6.42 Å². The van der Waals surface area contributed by atoms with E-state index in [0.717, 1.165) is 23.2 Å². The van der Waals surface area contributed by atoms with E-state index in [4.69, 9.17) is 10.1 Å². The molecular formula is C38H26F2N6O2. The molecule has 0 radical (unpaired) electrons. The third-order valence-electron chi connectivity index (χ3n) is 7.71. The number of carbonyl (C=O) groups excluding carboxylic acids is 2. The first-order chi connectivity index (χ1) is 23.4. The predicted molar refractivity (Wildman–Crippen MR) is 180 cm³/mol. The minimum Gasteiger partial charge on any atom is -0.324 e. The quantitative estimate of drug-likeness (QED) is 0.155. The van der Waals surface area contributed by atoms with Gasteiger partial charge in [-0.05, 0) is 72.3 Å². The maximum atomic E-state index is 14.3. The zero-order chi connectivity index (χ0) is 33.0. The van der Waals surface area contributed by atoms with E-state index < -0.39 is 23.1 Å². The number of benzene rings is 4. The molecule has 8 nitrogen and oxygen atoms in total. The number of nitrogens with zero attached hydrogens (tertiary/aromatic N) is 4. The van der Waals surface area contributed by atoms with Gasteiger partial charge in [-0.1, -0.05) is 54.6 Å². The van der Waals surface area contributed by atoms with Crippen LogP contribution in [0, 0.1) is 11.6 Å². The zero-order valence-corrected chi connectivity index (χ0v) is 25.3. The lowest BCUT2D eigenvalue weighted by Gasteiger charge is -2.10. The summed E-state index contributed by atoms with van der Waals surface area (Å²) >= 11 is 0. The number of hydrogen-bond donors (Lipinski definition) is 2. The van der Waals surface area contributed by atoms with Crippen LogP contribution in [0.5, 0.6) is 0 Å². The van der Waals surface area contributed by atoms with Crippen molar-refractivity contribution < 1.29 is 18.4 Å². The van der Waals surface area contributed by atoms with Crippen LogP contribution in [0.15, 0.2) is 134 Å². The molecule has 4 aromatic carbocycles. The Bertz CT molecular complexity index is 2270. The monoisotopic (exact) mass is 636 g/mol. The second kappa shape index (κ2) is 13.1. The average Bonchev–Trinajstić information content (AvgIpc) is 3.49. The number of rotatable bonds is 9. The molecule has 7 rings (SSSR count). The van der Waals surface area contributed by atoms with E-state index in [2.05, 4.69) is 15.6 Å². The van der Waals surface area contributed by atoms with Crippen LogP contribution in [0.1, 0.15) is 26.3 Å². The summed E-state index contributed by atoms with van der Waals surface area (Å²) in [4.78, 5) is 34.8. The zero-order valence-electron chi connectivity index (χ0n) is 25.3. The van der Waals surface area contributed by atoms with Gasteiger partial charge < -0.3 is 10.6 Å². The van der Waals surface area contributed by atoms with Crippen LogP contribution in [0.4, 0.5) is 26.1 Å². The Labute approximate surface area is 273 Å². The van der Waals surface area contributed by atoms with E-state index in [9.17, 15) is 18.4 Å². The number of carbonyl (C=O) groups is 2. The molecule has 7 aromatic rings. The van der Waals surface area contributed by atoms with Gasteiger partial charge in [0.2, 0.25) is 5.95 Å². The summed E-state index contributed by atoms with van der Waals surface area (Å²) in [6, 6.07) is 34.3. The Morgan fingerprint density at radius 1 is 0.750 bits per heavy atom. The molecule has 3 heterocycles. The molecule has 0 unspecified atom stereocenters. The first-order valence-electron chi connectivity index (χ1n) is 15.0. The molecular weight excluding hydrogens is 610 g/mol. The molecule has 0 aliphatic carbocycles. The van der Waals surface area contributed by atoms with Crippen molar-refractivity contribution in [2.75, 3.05) is 10.6 Å². The van der Waals surface area contributed by atoms with Gasteiger partial charge in [0.05, 0.1) is 16.8 Å². The van der Waals surface area contributed by atoms with Crippen molar-refractivity contribution in [2.24, 2.45) is 0 Å². The molecule has 234 valence electrons. The van der Waals surface area contributed by atoms with E-state index in [1.807, 2.05) is 72.9 Å². The van der Waals surface area contributed by atoms with E-state index in [-0.39, 0.29) is 5.78 Å². The standard InChI is InChI=1S/C38H26F2N6O2/c39-29-12-7-13-30(40)34(29)37(48)42-28-11-6-10-26(23-28)36-35(32-14-4-5-21-46(32)45-36)31-19-20-41-38(44-31)43-27-17-15-25(16-18-27)33(47)22-24-8-2-1-3-9-24/h1-21,23H,22H2,(H,42,48)(H,41,43,44). The molecule has 0 saturated carbocycles. The van der Waals surface area contributed by atoms with Crippen molar-refractivity contribution in [3.8, 4) is 22.5 Å². The molecule has 10 heteroatoms. The van der Waals surface area contributed by atoms with E-state index in [0.29, 0.717) is 51.8 Å². The summed E-state index contributed by atoms with van der Waals surface area (Å²) in [5, 5.41) is 10.6. The van der Waals surface area contributed by atoms with E-state index in [1.54, 1.807) is 47.1 Å². The molecule has 0 bridgehead atoms. The minimum atomic E-state index is -0.952. The number of halogens is 2. The van der Waals surface area contributed by atoms with Gasteiger partial charge in [0, 0.05) is 41.3 Å². The van der Waals surface area contributed by atoms with Crippen molar-refractivity contribution in [3.05, 3.63) is 162 Å². The summed E-state index contributed by atoms with van der Waals surface area (Å²) in [6.07, 6.45) is 3.77. The predicted octanol–water partition coefficient (Wildman–Crippen LogP) is 8.16. The van der Waals surface area contributed by atoms with Gasteiger partial charge in [-0.25, -0.2) is 23.3 Å². The number of nitrogens with one attached hydrogen (secondary N) is 2. The summed E-state index contributed by atoms with van der Waals surface area (Å²) in [7, 11) is 0. The molecule has 3 aromatic heterocycles. The molecule has 0 saturated heterocycles. The Balaban J connectivity index is 1.17. The summed E-state index contributed by atoms with van der Waals surface area (Å²) in [5.41, 5.74) is 5.23. The molecule has 48 heavy (non-hydrogen) atoms. The number of fused-ring (bicyclic) bond motifs is 1. The lowest BCUT2D eigenvalue weighted by molar-refractivity contribution is 0.0990. The lowest BCUT2D eigenvalue weighted by atomic mass is 10.0. The SMILES string of the molecule is O=C(Cc1ccccc1)c1ccc(Nc2nccc(-c3c(-c4cccc(NC(=O)c5c(F)cccc5F)c4)nn4ccccc34)n2)cc1. The molecule has 2 N–H and O–H groups in total. The van der Waals surface area contributed by atoms with Gasteiger partial charge in [-0.2, -0.15) is 5.10 Å². The highest BCUT2D eigenvalue weighted by molar-refractivity contribution is 6.05. The number of ketones is 1. The summed E-state index contributed by atoms with van der Waals surface area (Å²) < 4.78 is 30.2. The second-order valence-electron chi connectivity index (χ2n) is 10.9. The smallest absolute Gasteiger partial charge is 0.261 e. The van der Waals surface area contributed by atoms with Gasteiger partial charge in [0.25, 0.3) is 5.91 Å². The molecule has 0 aliphatic heterocycles. The number of amides is 1. The fraction of sp³-hybridized carbons (Fsp3) is 0.0263. The van der Waals surface area contributed by atoms with Gasteiger partial charge >= 0.3 is 0 Å². The number of pyridine rings is 1. The topological polar surface area (TPSA) is 101 Å². The van der Waals surface area contributed by atoms with Crippen LogP contribution < -0.4 is 10.6 Å². The van der Waals surface area contributed by atoms with Crippen LogP contribution in [0.2, 0.25) is 0 Å². The van der Waals surface area contributed by atoms with Crippen LogP contribution in [-0.2, 0) is 6.42 Å². The Kier molecular flexibility index (Phi) is 8.19. The highest BCUT2D eigenvalue weighted by atomic mass is 19.1. The Hall–Kier alpha value is -6.55. The molecule has 0 atom stereocenters. The summed E-state index contributed by atoms with van der Waals surface area (Å²) in [6.45, 7) is 0. The third kappa shape index (κ3) is 6.27. The highest BCUT2D eigenvalue weighted by Crippen LogP contribution is 2.35. The van der Waals surface area contributed by atoms with Crippen molar-refractivity contribution in [1.82, 2.24) is 19.6 Å². The van der Waals surface area contributed by atoms with Gasteiger partial charge in [-0.15, -0.1) is 0 Å². The summed E-state index contributed by atoms with van der Waals surface area (Å²) in [5.74, 6) is -2.45. The number of anilines is 3. The van der Waals surface area contributed by atoms with Crippen LogP contribution >= 0.6 is 0 Å². The first-order valence-corrected chi connectivity index (χ1v) is 15.0. The number of hydrogen-bond acceptors (Lipinski definition) is 6. The largest absolute Gasteiger partial charge is 0.324 e. The lowest BCUT2D eigenvalue weighted by Crippen LogP contribution is -2.15. The third-order valence-corrected chi connectivity index (χ3v) is 7.71. The maximum Gasteiger partial charge on any atom is 0.261 e. The molecule has 0 fully saturated rings. The van der Waals surface area contributed by atoms with Crippen molar-refractivity contribution in [1.29, 1.82) is 0 Å². The molecule has 0 aliphatic rings. The van der Waals surface area contributed by atoms with Crippen molar-refractivity contribution in [3.63, 3.8) is 0 Å². The fourth-order valence-corrected chi connectivity index (χ4v) is 5.42. The van der Waals surface area contributed by atoms with Gasteiger partial charge in [-0.3, -0.25) is 9.59 Å². The second-order valence-corrected chi connectivity index (χ2v) is 10.9. The fourth-order valence-electron chi connectivity index (χ4n) is 5.42. The van der Waals surface area contributed by atoms with Crippen LogP contribution in [0.3, 0.4) is 0 Å². The van der Waals surface area contributed by atoms with E-state index >= 15 is 0 Å². The molecule has 1 amide bonds. The van der Waals surface area contributed by atoms with Crippen LogP contribution in [-0.4, -0.2) is 31.3 Å². The Morgan fingerprint density at radius 2 is 1.50 bits per heavy atom. The highest BCUT2D eigenvalue weighted by Gasteiger charge is 2.20. The Morgan fingerprint density at radius 3 is 2.29 bits per heavy atom. The normalized spacial score (nSPS) is 11.0.